The lowest BCUT2D eigenvalue weighted by Gasteiger charge is -2.15. The number of nitrogens with two attached hydrogens (primary N) is 1. The summed E-state index contributed by atoms with van der Waals surface area (Å²) < 4.78 is 22.8. The predicted molar refractivity (Wildman–Crippen MR) is 139 cm³/mol. The van der Waals surface area contributed by atoms with Gasteiger partial charge in [-0.15, -0.1) is 4.91 Å². The molecule has 3 N–H and O–H groups in total. The van der Waals surface area contributed by atoms with Gasteiger partial charge in [0.05, 0.1) is 24.4 Å². The lowest BCUT2D eigenvalue weighted by Crippen LogP contribution is -2.58. The van der Waals surface area contributed by atoms with Crippen molar-refractivity contribution < 1.29 is 13.9 Å². The van der Waals surface area contributed by atoms with Gasteiger partial charge in [0, 0.05) is 24.3 Å². The minimum atomic E-state index is -0.908. The van der Waals surface area contributed by atoms with Crippen LogP contribution in [0.5, 0.6) is 5.75 Å². The summed E-state index contributed by atoms with van der Waals surface area (Å²) in [5.74, 6) is 4.56. The first-order chi connectivity index (χ1) is 18.0. The van der Waals surface area contributed by atoms with Crippen molar-refractivity contribution in [2.45, 2.75) is 52.9 Å². The van der Waals surface area contributed by atoms with Crippen LogP contribution in [0.25, 0.3) is 0 Å². The fourth-order valence-corrected chi connectivity index (χ4v) is 3.56. The Morgan fingerprint density at radius 2 is 1.76 bits per heavy atom. The maximum absolute atomic E-state index is 14.6. The highest BCUT2D eigenvalue weighted by Gasteiger charge is 2.16. The second-order valence-electron chi connectivity index (χ2n) is 8.96. The molecule has 0 aliphatic rings. The van der Waals surface area contributed by atoms with Crippen molar-refractivity contribution in [2.75, 3.05) is 12.4 Å². The van der Waals surface area contributed by atoms with E-state index in [9.17, 15) is 23.7 Å². The number of aromatic nitrogens is 3. The van der Waals surface area contributed by atoms with Gasteiger partial charge in [-0.3, -0.25) is 9.36 Å². The van der Waals surface area contributed by atoms with E-state index >= 15 is 0 Å². The number of aryl methyl sites for hydroxylation is 1. The molecule has 0 radical (unpaired) electrons. The van der Waals surface area contributed by atoms with E-state index in [1.807, 2.05) is 31.2 Å². The number of nitrogens with one attached hydrogen (secondary N) is 1. The fourth-order valence-electron chi connectivity index (χ4n) is 3.56. The predicted octanol–water partition coefficient (Wildman–Crippen LogP) is 1.31. The molecule has 2 aromatic carbocycles. The number of nitroso groups, excluding NO2 is 1. The largest absolute Gasteiger partial charge is 0.488 e. The SMILES string of the molecule is Cc1ccc(Cn2c(=O)n(CCN[C@H](C)C(=O)N=O)c(=O)n(N)/c2=N\c2ccc(OC(C)C)c(F)c2)cc1. The second kappa shape index (κ2) is 12.2. The molecule has 202 valence electrons. The molecular formula is C25H30FN7O5. The van der Waals surface area contributed by atoms with Crippen LogP contribution in [0.1, 0.15) is 31.9 Å². The summed E-state index contributed by atoms with van der Waals surface area (Å²) in [6, 6.07) is 10.5. The molecule has 1 aromatic heterocycles. The summed E-state index contributed by atoms with van der Waals surface area (Å²) in [7, 11) is 0. The molecule has 1 amide bonds. The number of carbonyl (C=O) groups is 1. The Balaban J connectivity index is 2.11. The van der Waals surface area contributed by atoms with E-state index in [2.05, 4.69) is 15.5 Å². The molecular weight excluding hydrogens is 497 g/mol. The standard InChI is InChI=1S/C25H30FN7O5/c1-15(2)38-21-10-9-19(13-20(21)26)29-23-32(14-18-7-5-16(3)6-8-18)24(35)31(25(36)33(23)27)12-11-28-17(4)22(34)30-37/h5-10,13,15,17,28H,11-12,14,27H2,1-4H3/b29-23-/t17-/m1/s1. The van der Waals surface area contributed by atoms with Crippen molar-refractivity contribution in [3.05, 3.63) is 90.9 Å². The van der Waals surface area contributed by atoms with E-state index in [0.717, 1.165) is 21.8 Å². The maximum atomic E-state index is 14.6. The minimum Gasteiger partial charge on any atom is -0.488 e. The highest BCUT2D eigenvalue weighted by atomic mass is 19.1. The number of nitrogens with zero attached hydrogens (tertiary/aromatic N) is 5. The van der Waals surface area contributed by atoms with Gasteiger partial charge in [-0.05, 0) is 45.4 Å². The summed E-state index contributed by atoms with van der Waals surface area (Å²) in [6.45, 7) is 6.75. The molecule has 1 atom stereocenters. The van der Waals surface area contributed by atoms with Crippen molar-refractivity contribution in [2.24, 2.45) is 10.2 Å². The Morgan fingerprint density at radius 3 is 2.37 bits per heavy atom. The van der Waals surface area contributed by atoms with Crippen molar-refractivity contribution in [1.29, 1.82) is 0 Å². The number of ether oxygens (including phenoxy) is 1. The number of amides is 1. The molecule has 0 saturated heterocycles. The smallest absolute Gasteiger partial charge is 0.353 e. The van der Waals surface area contributed by atoms with Gasteiger partial charge in [-0.1, -0.05) is 29.8 Å². The van der Waals surface area contributed by atoms with Crippen molar-refractivity contribution in [3.8, 4) is 5.75 Å². The first-order valence-corrected chi connectivity index (χ1v) is 11.9. The van der Waals surface area contributed by atoms with Crippen molar-refractivity contribution in [3.63, 3.8) is 0 Å². The monoisotopic (exact) mass is 527 g/mol. The summed E-state index contributed by atoms with van der Waals surface area (Å²) in [5, 5.41) is 5.08. The normalized spacial score (nSPS) is 12.5. The van der Waals surface area contributed by atoms with Gasteiger partial charge in [-0.25, -0.2) is 23.5 Å². The van der Waals surface area contributed by atoms with E-state index in [1.54, 1.807) is 13.8 Å². The second-order valence-corrected chi connectivity index (χ2v) is 8.96. The molecule has 0 unspecified atom stereocenters. The van der Waals surface area contributed by atoms with E-state index < -0.39 is 29.1 Å². The van der Waals surface area contributed by atoms with Crippen molar-refractivity contribution >= 4 is 11.6 Å². The number of nitrogen functional groups attached to an aromatic ring is 1. The summed E-state index contributed by atoms with van der Waals surface area (Å²) in [5.41, 5.74) is 0.0796. The van der Waals surface area contributed by atoms with Crippen LogP contribution in [0.15, 0.2) is 62.2 Å². The highest BCUT2D eigenvalue weighted by molar-refractivity contribution is 5.81. The third kappa shape index (κ3) is 6.68. The Bertz CT molecular complexity index is 1510. The topological polar surface area (TPSA) is 155 Å². The number of carbonyl (C=O) groups excluding carboxylic acids is 1. The lowest BCUT2D eigenvalue weighted by molar-refractivity contribution is -0.119. The Morgan fingerprint density at radius 1 is 1.08 bits per heavy atom. The third-order valence-electron chi connectivity index (χ3n) is 5.57. The van der Waals surface area contributed by atoms with E-state index in [0.29, 0.717) is 4.68 Å². The molecule has 3 aromatic rings. The molecule has 0 aliphatic carbocycles. The van der Waals surface area contributed by atoms with Crippen LogP contribution in [0.3, 0.4) is 0 Å². The zero-order chi connectivity index (χ0) is 28.0. The zero-order valence-corrected chi connectivity index (χ0v) is 21.6. The minimum absolute atomic E-state index is 0.00111. The van der Waals surface area contributed by atoms with Crippen molar-refractivity contribution in [1.82, 2.24) is 19.1 Å². The average molecular weight is 528 g/mol. The highest BCUT2D eigenvalue weighted by Crippen LogP contribution is 2.23. The number of hydrogen-bond acceptors (Lipinski definition) is 8. The van der Waals surface area contributed by atoms with Gasteiger partial charge in [0.15, 0.2) is 11.6 Å². The molecule has 1 heterocycles. The summed E-state index contributed by atoms with van der Waals surface area (Å²) in [6.07, 6.45) is -0.240. The number of hydrogen-bond donors (Lipinski definition) is 2. The fraction of sp³-hybridized carbons (Fsp3) is 0.360. The molecule has 0 saturated carbocycles. The molecule has 38 heavy (non-hydrogen) atoms. The molecule has 13 heteroatoms. The zero-order valence-electron chi connectivity index (χ0n) is 21.6. The number of rotatable bonds is 10. The molecule has 3 rings (SSSR count). The molecule has 0 aliphatic heterocycles. The van der Waals surface area contributed by atoms with Gasteiger partial charge < -0.3 is 15.9 Å². The van der Waals surface area contributed by atoms with Gasteiger partial charge in [0.25, 0.3) is 0 Å². The van der Waals surface area contributed by atoms with Gasteiger partial charge in [0.1, 0.15) is 0 Å². The third-order valence-corrected chi connectivity index (χ3v) is 5.57. The van der Waals surface area contributed by atoms with E-state index in [1.165, 1.54) is 23.6 Å². The van der Waals surface area contributed by atoms with E-state index in [4.69, 9.17) is 10.6 Å². The molecule has 0 fully saturated rings. The first kappa shape index (κ1) is 28.2. The maximum Gasteiger partial charge on any atom is 0.353 e. The molecule has 0 bridgehead atoms. The van der Waals surface area contributed by atoms with Crippen LogP contribution in [0.2, 0.25) is 0 Å². The van der Waals surface area contributed by atoms with Crippen LogP contribution < -0.4 is 32.9 Å². The van der Waals surface area contributed by atoms with Crippen LogP contribution in [-0.2, 0) is 17.9 Å². The summed E-state index contributed by atoms with van der Waals surface area (Å²) in [4.78, 5) is 52.7. The Kier molecular flexibility index (Phi) is 9.07. The van der Waals surface area contributed by atoms with Gasteiger partial charge in [-0.2, -0.15) is 4.68 Å². The quantitative estimate of drug-likeness (QED) is 0.297. The number of benzene rings is 2. The lowest BCUT2D eigenvalue weighted by atomic mass is 10.1. The average Bonchev–Trinajstić information content (AvgIpc) is 2.88. The van der Waals surface area contributed by atoms with Crippen LogP contribution in [-0.4, -0.2) is 38.4 Å². The van der Waals surface area contributed by atoms with Gasteiger partial charge >= 0.3 is 17.3 Å². The molecule has 12 nitrogen and oxygen atoms in total. The Hall–Kier alpha value is -4.39. The first-order valence-electron chi connectivity index (χ1n) is 11.9. The number of halogens is 1. The Labute approximate surface area is 217 Å². The van der Waals surface area contributed by atoms with Gasteiger partial charge in [0.2, 0.25) is 5.62 Å². The van der Waals surface area contributed by atoms with E-state index in [-0.39, 0.29) is 42.8 Å². The molecule has 0 spiro atoms. The van der Waals surface area contributed by atoms with Crippen LogP contribution in [0.4, 0.5) is 10.1 Å². The summed E-state index contributed by atoms with van der Waals surface area (Å²) >= 11 is 0. The van der Waals surface area contributed by atoms with Crippen LogP contribution >= 0.6 is 0 Å². The van der Waals surface area contributed by atoms with Crippen LogP contribution in [0, 0.1) is 17.6 Å².